The Morgan fingerprint density at radius 1 is 1.07 bits per heavy atom. The molecule has 0 aliphatic carbocycles. The predicted molar refractivity (Wildman–Crippen MR) is 107 cm³/mol. The molecular formula is C18H37O7PSi. The summed E-state index contributed by atoms with van der Waals surface area (Å²) in [6, 6.07) is 0. The summed E-state index contributed by atoms with van der Waals surface area (Å²) in [7, 11) is -2.64. The number of hydrogen-bond acceptors (Lipinski definition) is 7. The summed E-state index contributed by atoms with van der Waals surface area (Å²) >= 11 is 0. The van der Waals surface area contributed by atoms with E-state index in [0.29, 0.717) is 0 Å². The summed E-state index contributed by atoms with van der Waals surface area (Å²) in [4.78, 5) is 0. The van der Waals surface area contributed by atoms with Crippen molar-refractivity contribution in [2.45, 2.75) is 96.0 Å². The Balaban J connectivity index is 2.37. The van der Waals surface area contributed by atoms with Gasteiger partial charge in [-0.1, -0.05) is 20.8 Å². The highest BCUT2D eigenvalue weighted by Crippen LogP contribution is 2.51. The second-order valence-electron chi connectivity index (χ2n) is 9.45. The van der Waals surface area contributed by atoms with Crippen molar-refractivity contribution in [3.05, 3.63) is 0 Å². The second kappa shape index (κ2) is 7.80. The van der Waals surface area contributed by atoms with Crippen molar-refractivity contribution < 1.29 is 32.2 Å². The van der Waals surface area contributed by atoms with E-state index in [1.807, 2.05) is 20.8 Å². The highest BCUT2D eigenvalue weighted by Gasteiger charge is 2.57. The molecule has 0 aromatic carbocycles. The van der Waals surface area contributed by atoms with Crippen LogP contribution in [0.25, 0.3) is 0 Å². The van der Waals surface area contributed by atoms with Gasteiger partial charge in [0.1, 0.15) is 18.3 Å². The van der Waals surface area contributed by atoms with Crippen LogP contribution in [0.1, 0.15) is 41.5 Å². The summed E-state index contributed by atoms with van der Waals surface area (Å²) < 4.78 is 48.4. The SMILES string of the molecule is COP(=O)(C[C@@H]1O[C@@H](C)[C@H]2OC(C)(C)OC2[C@@H]1O[Si](C)(C)C(C)(C)C)OC. The number of rotatable bonds is 6. The molecule has 0 amide bonds. The van der Waals surface area contributed by atoms with Crippen LogP contribution >= 0.6 is 7.60 Å². The number of ether oxygens (including phenoxy) is 3. The number of hydrogen-bond donors (Lipinski definition) is 0. The molecule has 160 valence electrons. The minimum Gasteiger partial charge on any atom is -0.408 e. The van der Waals surface area contributed by atoms with Gasteiger partial charge in [-0.05, 0) is 38.9 Å². The Hall–Kier alpha value is 0.207. The molecule has 7 nitrogen and oxygen atoms in total. The van der Waals surface area contributed by atoms with Crippen LogP contribution in [0, 0.1) is 0 Å². The molecule has 0 bridgehead atoms. The van der Waals surface area contributed by atoms with Crippen molar-refractivity contribution in [3.8, 4) is 0 Å². The predicted octanol–water partition coefficient (Wildman–Crippen LogP) is 4.17. The lowest BCUT2D eigenvalue weighted by atomic mass is 9.96. The van der Waals surface area contributed by atoms with Gasteiger partial charge in [-0.3, -0.25) is 4.57 Å². The standard InChI is InChI=1S/C18H37O7PSi/c1-12-14-16(24-18(5,6)23-14)15(25-27(9,10)17(2,3)4)13(22-12)11-26(19,20-7)21-8/h12-16H,11H2,1-10H3/t12-,13-,14+,15+,16?/m0/s1. The Morgan fingerprint density at radius 3 is 2.07 bits per heavy atom. The molecular weight excluding hydrogens is 387 g/mol. The van der Waals surface area contributed by atoms with E-state index >= 15 is 0 Å². The largest absolute Gasteiger partial charge is 0.408 e. The van der Waals surface area contributed by atoms with Gasteiger partial charge in [-0.15, -0.1) is 0 Å². The Morgan fingerprint density at radius 2 is 1.59 bits per heavy atom. The summed E-state index contributed by atoms with van der Waals surface area (Å²) in [5.74, 6) is -0.719. The third-order valence-electron chi connectivity index (χ3n) is 5.90. The summed E-state index contributed by atoms with van der Waals surface area (Å²) in [6.07, 6.45) is -1.54. The molecule has 27 heavy (non-hydrogen) atoms. The molecule has 0 saturated carbocycles. The lowest BCUT2D eigenvalue weighted by Gasteiger charge is -2.47. The highest BCUT2D eigenvalue weighted by atomic mass is 31.2. The lowest BCUT2D eigenvalue weighted by Crippen LogP contribution is -2.61. The van der Waals surface area contributed by atoms with E-state index in [2.05, 4.69) is 33.9 Å². The minimum atomic E-state index is -3.27. The molecule has 2 heterocycles. The fourth-order valence-corrected chi connectivity index (χ4v) is 5.83. The second-order valence-corrected chi connectivity index (χ2v) is 16.5. The first-order valence-electron chi connectivity index (χ1n) is 9.54. The monoisotopic (exact) mass is 424 g/mol. The van der Waals surface area contributed by atoms with E-state index in [-0.39, 0.29) is 29.5 Å². The molecule has 0 spiro atoms. The van der Waals surface area contributed by atoms with Crippen LogP contribution in [0.3, 0.4) is 0 Å². The van der Waals surface area contributed by atoms with Gasteiger partial charge < -0.3 is 27.7 Å². The molecule has 1 unspecified atom stereocenters. The molecule has 2 rings (SSSR count). The molecule has 9 heteroatoms. The lowest BCUT2D eigenvalue weighted by molar-refractivity contribution is -0.169. The van der Waals surface area contributed by atoms with Crippen LogP contribution in [0.2, 0.25) is 18.1 Å². The first-order chi connectivity index (χ1) is 12.1. The molecule has 2 aliphatic heterocycles. The quantitative estimate of drug-likeness (QED) is 0.468. The Labute approximate surface area is 165 Å². The molecule has 0 aromatic heterocycles. The molecule has 0 radical (unpaired) electrons. The van der Waals surface area contributed by atoms with E-state index in [4.69, 9.17) is 27.7 Å². The molecule has 0 N–H and O–H groups in total. The van der Waals surface area contributed by atoms with E-state index in [9.17, 15) is 4.57 Å². The zero-order valence-corrected chi connectivity index (χ0v) is 20.3. The zero-order chi connectivity index (χ0) is 20.8. The zero-order valence-electron chi connectivity index (χ0n) is 18.4. The first-order valence-corrected chi connectivity index (χ1v) is 14.2. The fraction of sp³-hybridized carbons (Fsp3) is 1.00. The maximum atomic E-state index is 12.8. The van der Waals surface area contributed by atoms with Crippen LogP contribution in [0.15, 0.2) is 0 Å². The molecule has 0 aromatic rings. The fourth-order valence-electron chi connectivity index (χ4n) is 3.33. The third kappa shape index (κ3) is 5.04. The smallest absolute Gasteiger partial charge is 0.332 e. The van der Waals surface area contributed by atoms with Crippen LogP contribution in [0.5, 0.6) is 0 Å². The number of fused-ring (bicyclic) bond motifs is 1. The van der Waals surface area contributed by atoms with Gasteiger partial charge in [0.05, 0.1) is 18.4 Å². The Bertz CT molecular complexity index is 567. The average Bonchev–Trinajstić information content (AvgIpc) is 2.86. The van der Waals surface area contributed by atoms with Crippen molar-refractivity contribution in [2.75, 3.05) is 20.4 Å². The van der Waals surface area contributed by atoms with E-state index in [0.717, 1.165) is 0 Å². The van der Waals surface area contributed by atoms with Crippen molar-refractivity contribution in [1.82, 2.24) is 0 Å². The summed E-state index contributed by atoms with van der Waals surface area (Å²) in [6.45, 7) is 16.7. The maximum Gasteiger partial charge on any atom is 0.332 e. The van der Waals surface area contributed by atoms with Gasteiger partial charge in [0.15, 0.2) is 14.1 Å². The molecule has 2 fully saturated rings. The summed E-state index contributed by atoms with van der Waals surface area (Å²) in [5, 5.41) is 0.0112. The van der Waals surface area contributed by atoms with Crippen LogP contribution < -0.4 is 0 Å². The van der Waals surface area contributed by atoms with Gasteiger partial charge in [-0.25, -0.2) is 0 Å². The van der Waals surface area contributed by atoms with Crippen molar-refractivity contribution in [2.24, 2.45) is 0 Å². The van der Waals surface area contributed by atoms with Gasteiger partial charge >= 0.3 is 7.60 Å². The Kier molecular flexibility index (Phi) is 6.78. The van der Waals surface area contributed by atoms with Crippen molar-refractivity contribution >= 4 is 15.9 Å². The van der Waals surface area contributed by atoms with Gasteiger partial charge in [0.2, 0.25) is 0 Å². The highest BCUT2D eigenvalue weighted by molar-refractivity contribution is 7.53. The van der Waals surface area contributed by atoms with Crippen molar-refractivity contribution in [1.29, 1.82) is 0 Å². The van der Waals surface area contributed by atoms with Gasteiger partial charge in [0.25, 0.3) is 0 Å². The molecule has 5 atom stereocenters. The molecule has 2 aliphatic rings. The average molecular weight is 425 g/mol. The molecule has 2 saturated heterocycles. The maximum absolute atomic E-state index is 12.8. The van der Waals surface area contributed by atoms with E-state index < -0.39 is 33.9 Å². The van der Waals surface area contributed by atoms with Gasteiger partial charge in [-0.2, -0.15) is 0 Å². The third-order valence-corrected chi connectivity index (χ3v) is 12.3. The first kappa shape index (κ1) is 23.5. The van der Waals surface area contributed by atoms with Crippen LogP contribution in [-0.4, -0.2) is 65.0 Å². The van der Waals surface area contributed by atoms with Crippen LogP contribution in [-0.2, 0) is 32.2 Å². The van der Waals surface area contributed by atoms with Gasteiger partial charge in [0, 0.05) is 14.2 Å². The van der Waals surface area contributed by atoms with Crippen LogP contribution in [0.4, 0.5) is 0 Å². The summed E-state index contributed by atoms with van der Waals surface area (Å²) in [5.41, 5.74) is 0. The van der Waals surface area contributed by atoms with E-state index in [1.165, 1.54) is 14.2 Å². The normalized spacial score (nSPS) is 34.5. The van der Waals surface area contributed by atoms with Crippen molar-refractivity contribution in [3.63, 3.8) is 0 Å². The topological polar surface area (TPSA) is 72.5 Å². The van der Waals surface area contributed by atoms with E-state index in [1.54, 1.807) is 0 Å². The minimum absolute atomic E-state index is 0.0112.